The van der Waals surface area contributed by atoms with E-state index in [1.807, 2.05) is 0 Å². The highest BCUT2D eigenvalue weighted by Gasteiger charge is 2.24. The third-order valence-corrected chi connectivity index (χ3v) is 3.21. The minimum absolute atomic E-state index is 0.191. The van der Waals surface area contributed by atoms with Gasteiger partial charge in [-0.25, -0.2) is 4.79 Å². The molecule has 2 aromatic heterocycles. The van der Waals surface area contributed by atoms with Crippen LogP contribution in [0.1, 0.15) is 10.4 Å². The molecule has 0 amide bonds. The quantitative estimate of drug-likeness (QED) is 0.589. The number of nitrogens with one attached hydrogen (secondary N) is 3. The molecule has 0 aliphatic heterocycles. The van der Waals surface area contributed by atoms with Crippen LogP contribution in [0.5, 0.6) is 0 Å². The second-order valence-corrected chi connectivity index (χ2v) is 4.63. The van der Waals surface area contributed by atoms with Crippen LogP contribution in [0.4, 0.5) is 5.69 Å². The largest absolute Gasteiger partial charge is 0.478 e. The van der Waals surface area contributed by atoms with E-state index in [2.05, 4.69) is 25.1 Å². The molecule has 0 saturated carbocycles. The number of aromatic amines is 2. The number of hydrogen-bond donors (Lipinski definition) is 4. The van der Waals surface area contributed by atoms with Gasteiger partial charge in [0.2, 0.25) is 0 Å². The number of hydrogen-bond acceptors (Lipinski definition) is 5. The molecule has 0 unspecified atom stereocenters. The Morgan fingerprint density at radius 2 is 2.12 bits per heavy atom. The number of rotatable bonds is 4. The fourth-order valence-corrected chi connectivity index (χ4v) is 2.27. The van der Waals surface area contributed by atoms with Gasteiger partial charge < -0.3 is 5.11 Å². The summed E-state index contributed by atoms with van der Waals surface area (Å²) in [6.07, 6.45) is 3.48. The molecule has 2 heterocycles. The highest BCUT2D eigenvalue weighted by Crippen LogP contribution is 2.16. The molecule has 2 rings (SSSR count). The molecule has 0 fully saturated rings. The molecule has 90 valence electrons. The Balaban J connectivity index is 2.38. The van der Waals surface area contributed by atoms with Crippen LogP contribution in [0.3, 0.4) is 0 Å². The van der Waals surface area contributed by atoms with E-state index in [9.17, 15) is 13.2 Å². The topological polar surface area (TPSA) is 141 Å². The number of carboxylic acid groups (broad SMARTS) is 1. The van der Waals surface area contributed by atoms with Crippen molar-refractivity contribution in [2.24, 2.45) is 0 Å². The monoisotopic (exact) mass is 257 g/mol. The molecule has 4 N–H and O–H groups in total. The van der Waals surface area contributed by atoms with Crippen LogP contribution in [0.25, 0.3) is 0 Å². The van der Waals surface area contributed by atoms with Crippen molar-refractivity contribution >= 4 is 21.7 Å². The zero-order valence-electron chi connectivity index (χ0n) is 8.21. The highest BCUT2D eigenvalue weighted by molar-refractivity contribution is 7.92. The Kier molecular flexibility index (Phi) is 2.55. The number of carbonyl (C=O) groups is 1. The van der Waals surface area contributed by atoms with Crippen molar-refractivity contribution in [3.8, 4) is 0 Å². The maximum Gasteiger partial charge on any atom is 0.340 e. The molecule has 0 aliphatic carbocycles. The third kappa shape index (κ3) is 2.10. The minimum atomic E-state index is -4.02. The van der Waals surface area contributed by atoms with Gasteiger partial charge in [-0.3, -0.25) is 14.9 Å². The molecule has 17 heavy (non-hydrogen) atoms. The van der Waals surface area contributed by atoms with Crippen LogP contribution in [-0.4, -0.2) is 39.9 Å². The lowest BCUT2D eigenvalue weighted by atomic mass is 10.4. The number of H-pyrrole nitrogens is 2. The van der Waals surface area contributed by atoms with E-state index in [0.29, 0.717) is 0 Å². The van der Waals surface area contributed by atoms with Gasteiger partial charge in [0.05, 0.1) is 18.1 Å². The normalized spacial score (nSPS) is 11.3. The van der Waals surface area contributed by atoms with Gasteiger partial charge in [0.25, 0.3) is 10.0 Å². The van der Waals surface area contributed by atoms with E-state index >= 15 is 0 Å². The van der Waals surface area contributed by atoms with Crippen LogP contribution in [-0.2, 0) is 10.0 Å². The average Bonchev–Trinajstić information content (AvgIpc) is 2.84. The van der Waals surface area contributed by atoms with Gasteiger partial charge in [0.1, 0.15) is 5.56 Å². The summed E-state index contributed by atoms with van der Waals surface area (Å²) in [5, 5.41) is 19.8. The van der Waals surface area contributed by atoms with Crippen molar-refractivity contribution in [1.82, 2.24) is 20.4 Å². The van der Waals surface area contributed by atoms with E-state index in [0.717, 1.165) is 6.20 Å². The van der Waals surface area contributed by atoms with Crippen molar-refractivity contribution in [1.29, 1.82) is 0 Å². The summed E-state index contributed by atoms with van der Waals surface area (Å²) < 4.78 is 25.7. The van der Waals surface area contributed by atoms with E-state index in [4.69, 9.17) is 5.11 Å². The predicted molar refractivity (Wildman–Crippen MR) is 54.9 cm³/mol. The number of nitrogens with zero attached hydrogens (tertiary/aromatic N) is 2. The maximum atomic E-state index is 11.8. The van der Waals surface area contributed by atoms with Gasteiger partial charge in [-0.2, -0.15) is 18.6 Å². The molecule has 0 atom stereocenters. The van der Waals surface area contributed by atoms with Crippen molar-refractivity contribution in [3.05, 3.63) is 24.2 Å². The SMILES string of the molecule is O=C(O)c1cn[nH]c1S(=O)(=O)Nc1cn[nH]c1. The molecule has 0 spiro atoms. The molecule has 0 aliphatic rings. The molecule has 0 bridgehead atoms. The summed E-state index contributed by atoms with van der Waals surface area (Å²) in [4.78, 5) is 10.8. The Morgan fingerprint density at radius 3 is 2.71 bits per heavy atom. The molecule has 2 aromatic rings. The van der Waals surface area contributed by atoms with Crippen molar-refractivity contribution in [2.45, 2.75) is 5.03 Å². The van der Waals surface area contributed by atoms with Crippen molar-refractivity contribution < 1.29 is 18.3 Å². The zero-order valence-corrected chi connectivity index (χ0v) is 9.02. The van der Waals surface area contributed by atoms with Gasteiger partial charge in [0, 0.05) is 6.20 Å². The van der Waals surface area contributed by atoms with Crippen LogP contribution in [0.2, 0.25) is 0 Å². The third-order valence-electron chi connectivity index (χ3n) is 1.85. The molecular formula is C7H7N5O4S. The number of aromatic nitrogens is 4. The fourth-order valence-electron chi connectivity index (χ4n) is 1.14. The summed E-state index contributed by atoms with van der Waals surface area (Å²) in [5.74, 6) is -1.38. The summed E-state index contributed by atoms with van der Waals surface area (Å²) in [6, 6.07) is 0. The van der Waals surface area contributed by atoms with E-state index in [1.165, 1.54) is 12.4 Å². The molecule has 0 saturated heterocycles. The van der Waals surface area contributed by atoms with E-state index in [1.54, 1.807) is 0 Å². The van der Waals surface area contributed by atoms with Gasteiger partial charge in [-0.1, -0.05) is 0 Å². The lowest BCUT2D eigenvalue weighted by Crippen LogP contribution is -2.16. The van der Waals surface area contributed by atoms with Crippen LogP contribution < -0.4 is 4.72 Å². The Bertz CT molecular complexity index is 629. The van der Waals surface area contributed by atoms with Gasteiger partial charge in [-0.05, 0) is 0 Å². The summed E-state index contributed by atoms with van der Waals surface area (Å²) in [6.45, 7) is 0. The lowest BCUT2D eigenvalue weighted by molar-refractivity contribution is 0.0692. The molecular weight excluding hydrogens is 250 g/mol. The molecule has 0 radical (unpaired) electrons. The fraction of sp³-hybridized carbons (Fsp3) is 0. The smallest absolute Gasteiger partial charge is 0.340 e. The van der Waals surface area contributed by atoms with Crippen LogP contribution >= 0.6 is 0 Å². The number of sulfonamides is 1. The Hall–Kier alpha value is -2.36. The van der Waals surface area contributed by atoms with Gasteiger partial charge in [0.15, 0.2) is 5.03 Å². The first-order valence-electron chi connectivity index (χ1n) is 4.29. The van der Waals surface area contributed by atoms with E-state index in [-0.39, 0.29) is 5.69 Å². The first-order valence-corrected chi connectivity index (χ1v) is 5.77. The molecule has 10 heteroatoms. The standard InChI is InChI=1S/C7H7N5O4S/c13-7(14)5-3-10-11-6(5)17(15,16)12-4-1-8-9-2-4/h1-3,12H,(H,8,9)(H,10,11)(H,13,14). The second kappa shape index (κ2) is 3.90. The Morgan fingerprint density at radius 1 is 1.35 bits per heavy atom. The van der Waals surface area contributed by atoms with E-state index < -0.39 is 26.6 Å². The highest BCUT2D eigenvalue weighted by atomic mass is 32.2. The average molecular weight is 257 g/mol. The first-order chi connectivity index (χ1) is 8.00. The van der Waals surface area contributed by atoms with Crippen LogP contribution in [0.15, 0.2) is 23.6 Å². The van der Waals surface area contributed by atoms with Crippen LogP contribution in [0, 0.1) is 0 Å². The first kappa shape index (κ1) is 11.1. The summed E-state index contributed by atoms with van der Waals surface area (Å²) in [7, 11) is -4.02. The zero-order chi connectivity index (χ0) is 12.5. The molecule has 0 aromatic carbocycles. The predicted octanol–water partition coefficient (Wildman–Crippen LogP) is -0.368. The molecule has 9 nitrogen and oxygen atoms in total. The second-order valence-electron chi connectivity index (χ2n) is 3.01. The van der Waals surface area contributed by atoms with Crippen molar-refractivity contribution in [2.75, 3.05) is 4.72 Å². The lowest BCUT2D eigenvalue weighted by Gasteiger charge is -2.03. The number of carboxylic acids is 1. The number of anilines is 1. The Labute approximate surface area is 94.9 Å². The summed E-state index contributed by atoms with van der Waals surface area (Å²) in [5.41, 5.74) is -0.239. The van der Waals surface area contributed by atoms with Crippen molar-refractivity contribution in [3.63, 3.8) is 0 Å². The van der Waals surface area contributed by atoms with Gasteiger partial charge in [-0.15, -0.1) is 0 Å². The maximum absolute atomic E-state index is 11.8. The number of aromatic carboxylic acids is 1. The van der Waals surface area contributed by atoms with Gasteiger partial charge >= 0.3 is 5.97 Å². The minimum Gasteiger partial charge on any atom is -0.478 e. The summed E-state index contributed by atoms with van der Waals surface area (Å²) >= 11 is 0.